The Balaban J connectivity index is 2.52. The number of rotatable bonds is 7. The van der Waals surface area contributed by atoms with E-state index in [2.05, 4.69) is 11.9 Å². The minimum absolute atomic E-state index is 0.215. The smallest absolute Gasteiger partial charge is 0.355 e. The van der Waals surface area contributed by atoms with Crippen LogP contribution in [0.4, 0.5) is 0 Å². The molecule has 0 aliphatic heterocycles. The van der Waals surface area contributed by atoms with Crippen molar-refractivity contribution in [1.29, 1.82) is 0 Å². The van der Waals surface area contributed by atoms with Crippen LogP contribution in [0.25, 0.3) is 0 Å². The van der Waals surface area contributed by atoms with E-state index in [1.54, 1.807) is 19.9 Å². The van der Waals surface area contributed by atoms with Gasteiger partial charge in [-0.3, -0.25) is 4.79 Å². The quantitative estimate of drug-likeness (QED) is 0.622. The van der Waals surface area contributed by atoms with Crippen LogP contribution in [-0.4, -0.2) is 29.6 Å². The molecule has 1 aromatic heterocycles. The van der Waals surface area contributed by atoms with E-state index in [1.807, 2.05) is 41.8 Å². The summed E-state index contributed by atoms with van der Waals surface area (Å²) in [6.45, 7) is 10.2. The van der Waals surface area contributed by atoms with Gasteiger partial charge in [0.2, 0.25) is 0 Å². The van der Waals surface area contributed by atoms with Crippen molar-refractivity contribution in [2.45, 2.75) is 27.3 Å². The lowest BCUT2D eigenvalue weighted by Crippen LogP contribution is -2.24. The maximum Gasteiger partial charge on any atom is 0.355 e. The van der Waals surface area contributed by atoms with E-state index in [0.29, 0.717) is 29.9 Å². The molecule has 2 rings (SSSR count). The Morgan fingerprint density at radius 1 is 1.24 bits per heavy atom. The molecule has 2 aromatic rings. The number of nitrogens with zero attached hydrogens (tertiary/aromatic N) is 1. The first-order chi connectivity index (χ1) is 12.0. The van der Waals surface area contributed by atoms with E-state index >= 15 is 0 Å². The Kier molecular flexibility index (Phi) is 6.17. The summed E-state index contributed by atoms with van der Waals surface area (Å²) in [5.74, 6) is -0.630. The monoisotopic (exact) mass is 340 g/mol. The second kappa shape index (κ2) is 8.33. The lowest BCUT2D eigenvalue weighted by molar-refractivity contribution is 0.0513. The fourth-order valence-electron chi connectivity index (χ4n) is 2.91. The molecule has 1 aromatic carbocycles. The van der Waals surface area contributed by atoms with Gasteiger partial charge < -0.3 is 14.6 Å². The van der Waals surface area contributed by atoms with Crippen LogP contribution in [-0.2, 0) is 11.3 Å². The molecule has 5 nitrogen and oxygen atoms in total. The fraction of sp³-hybridized carbons (Fsp3) is 0.300. The predicted molar refractivity (Wildman–Crippen MR) is 97.9 cm³/mol. The van der Waals surface area contributed by atoms with Gasteiger partial charge in [0, 0.05) is 18.8 Å². The van der Waals surface area contributed by atoms with Crippen LogP contribution in [0.2, 0.25) is 0 Å². The third-order valence-electron chi connectivity index (χ3n) is 4.05. The van der Waals surface area contributed by atoms with Gasteiger partial charge in [0.05, 0.1) is 12.2 Å². The fourth-order valence-corrected chi connectivity index (χ4v) is 2.91. The number of carbonyl (C=O) groups excluding carboxylic acids is 2. The van der Waals surface area contributed by atoms with Crippen LogP contribution < -0.4 is 5.32 Å². The molecule has 0 unspecified atom stereocenters. The van der Waals surface area contributed by atoms with Gasteiger partial charge in [-0.2, -0.15) is 0 Å². The van der Waals surface area contributed by atoms with Gasteiger partial charge in [0.15, 0.2) is 0 Å². The summed E-state index contributed by atoms with van der Waals surface area (Å²) >= 11 is 0. The van der Waals surface area contributed by atoms with Crippen LogP contribution in [0.5, 0.6) is 0 Å². The van der Waals surface area contributed by atoms with Crippen LogP contribution >= 0.6 is 0 Å². The number of hydrogen-bond acceptors (Lipinski definition) is 3. The summed E-state index contributed by atoms with van der Waals surface area (Å²) in [5, 5.41) is 2.78. The first kappa shape index (κ1) is 18.5. The lowest BCUT2D eigenvalue weighted by atomic mass is 10.1. The highest BCUT2D eigenvalue weighted by atomic mass is 16.5. The minimum Gasteiger partial charge on any atom is -0.461 e. The third-order valence-corrected chi connectivity index (χ3v) is 4.05. The molecule has 1 heterocycles. The molecule has 132 valence electrons. The van der Waals surface area contributed by atoms with Gasteiger partial charge >= 0.3 is 5.97 Å². The molecule has 0 radical (unpaired) electrons. The van der Waals surface area contributed by atoms with Crippen molar-refractivity contribution in [2.24, 2.45) is 0 Å². The van der Waals surface area contributed by atoms with Crippen LogP contribution in [0.3, 0.4) is 0 Å². The number of carbonyl (C=O) groups is 2. The Hall–Kier alpha value is -2.82. The van der Waals surface area contributed by atoms with Gasteiger partial charge in [-0.1, -0.05) is 36.4 Å². The van der Waals surface area contributed by atoms with Crippen molar-refractivity contribution in [3.8, 4) is 0 Å². The van der Waals surface area contributed by atoms with Gasteiger partial charge in [0.1, 0.15) is 5.69 Å². The molecule has 5 heteroatoms. The number of esters is 1. The van der Waals surface area contributed by atoms with E-state index in [1.165, 1.54) is 0 Å². The molecule has 0 bridgehead atoms. The number of ether oxygens (including phenoxy) is 1. The van der Waals surface area contributed by atoms with Crippen molar-refractivity contribution in [3.05, 3.63) is 71.1 Å². The molecule has 1 amide bonds. The summed E-state index contributed by atoms with van der Waals surface area (Å²) in [7, 11) is 0. The SMILES string of the molecule is C=CCNC(=O)c1c(C)c(C(=O)OCC)n(Cc2ccccc2)c1C. The van der Waals surface area contributed by atoms with Crippen molar-refractivity contribution < 1.29 is 14.3 Å². The minimum atomic E-state index is -0.415. The second-order valence-corrected chi connectivity index (χ2v) is 5.72. The van der Waals surface area contributed by atoms with Crippen LogP contribution in [0, 0.1) is 13.8 Å². The molecule has 0 saturated heterocycles. The van der Waals surface area contributed by atoms with Gasteiger partial charge in [-0.25, -0.2) is 4.79 Å². The lowest BCUT2D eigenvalue weighted by Gasteiger charge is -2.12. The van der Waals surface area contributed by atoms with E-state index in [4.69, 9.17) is 4.74 Å². The molecule has 0 atom stereocenters. The topological polar surface area (TPSA) is 60.3 Å². The van der Waals surface area contributed by atoms with E-state index in [9.17, 15) is 9.59 Å². The molecular formula is C20H24N2O3. The highest BCUT2D eigenvalue weighted by molar-refractivity contribution is 6.01. The zero-order valence-electron chi connectivity index (χ0n) is 15.0. The van der Waals surface area contributed by atoms with Crippen molar-refractivity contribution in [2.75, 3.05) is 13.2 Å². The van der Waals surface area contributed by atoms with Gasteiger partial charge in [-0.05, 0) is 31.9 Å². The number of nitrogens with one attached hydrogen (secondary N) is 1. The number of hydrogen-bond donors (Lipinski definition) is 1. The first-order valence-corrected chi connectivity index (χ1v) is 8.31. The average molecular weight is 340 g/mol. The summed E-state index contributed by atoms with van der Waals surface area (Å²) < 4.78 is 7.06. The Bertz CT molecular complexity index is 776. The normalized spacial score (nSPS) is 10.4. The predicted octanol–water partition coefficient (Wildman–Crippen LogP) is 3.25. The summed E-state index contributed by atoms with van der Waals surface area (Å²) in [6.07, 6.45) is 1.62. The molecule has 25 heavy (non-hydrogen) atoms. The highest BCUT2D eigenvalue weighted by Crippen LogP contribution is 2.24. The van der Waals surface area contributed by atoms with Gasteiger partial charge in [-0.15, -0.1) is 6.58 Å². The average Bonchev–Trinajstić information content (AvgIpc) is 2.84. The maximum atomic E-state index is 12.5. The van der Waals surface area contributed by atoms with Crippen LogP contribution in [0.15, 0.2) is 43.0 Å². The zero-order valence-corrected chi connectivity index (χ0v) is 15.0. The third kappa shape index (κ3) is 3.99. The maximum absolute atomic E-state index is 12.5. The van der Waals surface area contributed by atoms with Crippen molar-refractivity contribution in [3.63, 3.8) is 0 Å². The van der Waals surface area contributed by atoms with E-state index in [0.717, 1.165) is 11.3 Å². The standard InChI is InChI=1S/C20H24N2O3/c1-5-12-21-19(23)17-14(3)18(20(24)25-6-2)22(15(17)4)13-16-10-8-7-9-11-16/h5,7-11H,1,6,12-13H2,2-4H3,(H,21,23). The second-order valence-electron chi connectivity index (χ2n) is 5.72. The highest BCUT2D eigenvalue weighted by Gasteiger charge is 2.27. The largest absolute Gasteiger partial charge is 0.461 e. The zero-order chi connectivity index (χ0) is 18.4. The molecule has 0 spiro atoms. The first-order valence-electron chi connectivity index (χ1n) is 8.31. The Morgan fingerprint density at radius 2 is 1.92 bits per heavy atom. The number of aromatic nitrogens is 1. The summed E-state index contributed by atoms with van der Waals surface area (Å²) in [4.78, 5) is 25.0. The molecule has 0 fully saturated rings. The molecule has 0 aliphatic carbocycles. The number of benzene rings is 1. The Labute approximate surface area is 148 Å². The molecule has 0 aliphatic rings. The summed E-state index contributed by atoms with van der Waals surface area (Å²) in [5.41, 5.74) is 3.36. The molecule has 0 saturated carbocycles. The molecule has 1 N–H and O–H groups in total. The number of amides is 1. The van der Waals surface area contributed by atoms with Crippen molar-refractivity contribution in [1.82, 2.24) is 9.88 Å². The van der Waals surface area contributed by atoms with E-state index < -0.39 is 5.97 Å². The van der Waals surface area contributed by atoms with Crippen molar-refractivity contribution >= 4 is 11.9 Å². The van der Waals surface area contributed by atoms with Crippen LogP contribution in [0.1, 0.15) is 44.6 Å². The molecular weight excluding hydrogens is 316 g/mol. The van der Waals surface area contributed by atoms with E-state index in [-0.39, 0.29) is 12.5 Å². The van der Waals surface area contributed by atoms with Gasteiger partial charge in [0.25, 0.3) is 5.91 Å². The summed E-state index contributed by atoms with van der Waals surface area (Å²) in [6, 6.07) is 9.81. The Morgan fingerprint density at radius 3 is 2.52 bits per heavy atom.